The number of benzene rings is 2. The Hall–Kier alpha value is -4.51. The van der Waals surface area contributed by atoms with E-state index in [9.17, 15) is 18.4 Å². The number of piperidine rings is 1. The minimum absolute atomic E-state index is 0.00537. The van der Waals surface area contributed by atoms with E-state index in [2.05, 4.69) is 22.3 Å². The maximum atomic E-state index is 13.9. The van der Waals surface area contributed by atoms with E-state index in [1.807, 2.05) is 29.3 Å². The highest BCUT2D eigenvalue weighted by Gasteiger charge is 2.37. The Bertz CT molecular complexity index is 1370. The van der Waals surface area contributed by atoms with E-state index in [1.165, 1.54) is 17.4 Å². The lowest BCUT2D eigenvalue weighted by molar-refractivity contribution is -0.128. The van der Waals surface area contributed by atoms with Gasteiger partial charge in [-0.3, -0.25) is 25.0 Å². The summed E-state index contributed by atoms with van der Waals surface area (Å²) < 4.78 is 27.3. The Kier molecular flexibility index (Phi) is 6.93. The zero-order chi connectivity index (χ0) is 26.8. The molecule has 4 N–H and O–H groups in total. The van der Waals surface area contributed by atoms with Gasteiger partial charge in [0.1, 0.15) is 29.4 Å². The van der Waals surface area contributed by atoms with Crippen molar-refractivity contribution in [1.82, 2.24) is 25.7 Å². The van der Waals surface area contributed by atoms with Crippen molar-refractivity contribution in [3.8, 4) is 0 Å². The first-order valence-electron chi connectivity index (χ1n) is 12.2. The average molecular weight is 520 g/mol. The van der Waals surface area contributed by atoms with Crippen LogP contribution >= 0.6 is 0 Å². The highest BCUT2D eigenvalue weighted by Crippen LogP contribution is 2.36. The number of nitrogens with two attached hydrogens (primary N) is 1. The molecule has 3 aliphatic heterocycles. The van der Waals surface area contributed by atoms with Crippen molar-refractivity contribution in [3.05, 3.63) is 101 Å². The number of nitrogens with zero attached hydrogens (tertiary/aromatic N) is 4. The van der Waals surface area contributed by atoms with Gasteiger partial charge in [-0.05, 0) is 42.7 Å². The third kappa shape index (κ3) is 4.88. The molecule has 196 valence electrons. The molecule has 0 spiro atoms. The summed E-state index contributed by atoms with van der Waals surface area (Å²) in [5.41, 5.74) is 7.06. The minimum atomic E-state index is -0.786. The normalized spacial score (nSPS) is 18.7. The first kappa shape index (κ1) is 25.2. The van der Waals surface area contributed by atoms with Gasteiger partial charge in [0.15, 0.2) is 0 Å². The summed E-state index contributed by atoms with van der Waals surface area (Å²) in [6.45, 7) is 4.96. The standard InChI is InChI=1S/C27H27F2N7O2/c1-2-24(37)34-11-3-4-20(15-34)36-23-14-31-16-35(30)26(23)25(33-36)18-7-5-17(6-8-18)13-32-27(38)21-12-19(28)9-10-22(21)29/h2,5-10,12,14,16,20,33H,1,3-4,11,13,15,30H2,(H,32,38). The van der Waals surface area contributed by atoms with Gasteiger partial charge < -0.3 is 10.2 Å². The molecule has 2 aromatic rings. The molecule has 2 aromatic carbocycles. The van der Waals surface area contributed by atoms with E-state index in [4.69, 9.17) is 5.84 Å². The number of fused-ring (bicyclic) bond motifs is 1. The van der Waals surface area contributed by atoms with Gasteiger partial charge in [-0.25, -0.2) is 19.6 Å². The summed E-state index contributed by atoms with van der Waals surface area (Å²) in [5, 5.41) is 6.08. The predicted molar refractivity (Wildman–Crippen MR) is 138 cm³/mol. The monoisotopic (exact) mass is 519 g/mol. The number of hydrogen-bond acceptors (Lipinski definition) is 7. The van der Waals surface area contributed by atoms with Crippen LogP contribution < -0.4 is 16.6 Å². The molecule has 0 radical (unpaired) electrons. The molecule has 9 nitrogen and oxygen atoms in total. The molecule has 0 aromatic heterocycles. The van der Waals surface area contributed by atoms with Gasteiger partial charge in [0, 0.05) is 25.2 Å². The second-order valence-corrected chi connectivity index (χ2v) is 9.18. The molecule has 0 bridgehead atoms. The number of hydrazine groups is 2. The van der Waals surface area contributed by atoms with Crippen LogP contribution in [0.1, 0.15) is 34.3 Å². The molecule has 11 heteroatoms. The number of carbonyl (C=O) groups excluding carboxylic acids is 2. The number of halogens is 2. The van der Waals surface area contributed by atoms with E-state index in [0.717, 1.165) is 59.3 Å². The van der Waals surface area contributed by atoms with Crippen molar-refractivity contribution in [3.63, 3.8) is 0 Å². The molecule has 2 amide bonds. The van der Waals surface area contributed by atoms with E-state index in [0.29, 0.717) is 13.1 Å². The fraction of sp³-hybridized carbons (Fsp3) is 0.222. The van der Waals surface area contributed by atoms with Gasteiger partial charge in [0.2, 0.25) is 5.91 Å². The maximum absolute atomic E-state index is 13.9. The van der Waals surface area contributed by atoms with Crippen LogP contribution in [0.5, 0.6) is 0 Å². The SMILES string of the molecule is C=CC(=O)N1CCCC(N2NC(c3ccc(CNC(=O)c4cc(F)ccc4F)cc3)=C3C2=CN=CN3N)C1. The lowest BCUT2D eigenvalue weighted by atomic mass is 10.0. The van der Waals surface area contributed by atoms with Crippen LogP contribution in [0, 0.1) is 11.6 Å². The molecule has 1 unspecified atom stereocenters. The Balaban J connectivity index is 1.32. The molecule has 0 saturated carbocycles. The van der Waals surface area contributed by atoms with Crippen molar-refractivity contribution in [2.75, 3.05) is 13.1 Å². The predicted octanol–water partition coefficient (Wildman–Crippen LogP) is 2.62. The lowest BCUT2D eigenvalue weighted by Gasteiger charge is -2.39. The fourth-order valence-electron chi connectivity index (χ4n) is 4.82. The number of likely N-dealkylation sites (tertiary alicyclic amines) is 1. The smallest absolute Gasteiger partial charge is 0.254 e. The molecule has 1 atom stereocenters. The van der Waals surface area contributed by atoms with Crippen LogP contribution in [0.25, 0.3) is 5.70 Å². The van der Waals surface area contributed by atoms with Crippen LogP contribution in [0.2, 0.25) is 0 Å². The Morgan fingerprint density at radius 3 is 2.76 bits per heavy atom. The summed E-state index contributed by atoms with van der Waals surface area (Å²) >= 11 is 0. The minimum Gasteiger partial charge on any atom is -0.348 e. The molecule has 0 aliphatic carbocycles. The first-order valence-corrected chi connectivity index (χ1v) is 12.2. The van der Waals surface area contributed by atoms with E-state index >= 15 is 0 Å². The number of amides is 2. The number of aliphatic imine (C=N–C) groups is 1. The highest BCUT2D eigenvalue weighted by molar-refractivity contribution is 5.94. The Morgan fingerprint density at radius 2 is 2.00 bits per heavy atom. The van der Waals surface area contributed by atoms with Gasteiger partial charge in [0.25, 0.3) is 5.91 Å². The number of nitrogens with one attached hydrogen (secondary N) is 2. The summed E-state index contributed by atoms with van der Waals surface area (Å²) in [7, 11) is 0. The van der Waals surface area contributed by atoms with Gasteiger partial charge >= 0.3 is 0 Å². The van der Waals surface area contributed by atoms with Crippen LogP contribution in [-0.2, 0) is 11.3 Å². The zero-order valence-corrected chi connectivity index (χ0v) is 20.5. The molecule has 3 aliphatic rings. The largest absolute Gasteiger partial charge is 0.348 e. The molecule has 3 heterocycles. The van der Waals surface area contributed by atoms with Crippen LogP contribution in [0.3, 0.4) is 0 Å². The van der Waals surface area contributed by atoms with Crippen molar-refractivity contribution in [2.45, 2.75) is 25.4 Å². The fourth-order valence-corrected chi connectivity index (χ4v) is 4.82. The molecule has 1 saturated heterocycles. The van der Waals surface area contributed by atoms with Gasteiger partial charge in [-0.2, -0.15) is 0 Å². The summed E-state index contributed by atoms with van der Waals surface area (Å²) in [5.74, 6) is 4.00. The highest BCUT2D eigenvalue weighted by atomic mass is 19.1. The van der Waals surface area contributed by atoms with E-state index in [1.54, 1.807) is 11.1 Å². The van der Waals surface area contributed by atoms with Gasteiger partial charge in [0.05, 0.1) is 23.5 Å². The van der Waals surface area contributed by atoms with Crippen LogP contribution in [0.15, 0.2) is 77.7 Å². The molecule has 1 fully saturated rings. The first-order chi connectivity index (χ1) is 18.4. The number of rotatable bonds is 6. The summed E-state index contributed by atoms with van der Waals surface area (Å²) in [4.78, 5) is 30.6. The second-order valence-electron chi connectivity index (χ2n) is 9.18. The zero-order valence-electron chi connectivity index (χ0n) is 20.5. The molecule has 38 heavy (non-hydrogen) atoms. The third-order valence-corrected chi connectivity index (χ3v) is 6.73. The van der Waals surface area contributed by atoms with Crippen molar-refractivity contribution in [1.29, 1.82) is 0 Å². The van der Waals surface area contributed by atoms with Gasteiger partial charge in [-0.1, -0.05) is 30.8 Å². The summed E-state index contributed by atoms with van der Waals surface area (Å²) in [6.07, 6.45) is 6.33. The van der Waals surface area contributed by atoms with Crippen molar-refractivity contribution >= 4 is 23.8 Å². The quantitative estimate of drug-likeness (QED) is 0.400. The Labute approximate surface area is 218 Å². The molecule has 5 rings (SSSR count). The van der Waals surface area contributed by atoms with Crippen molar-refractivity contribution in [2.24, 2.45) is 10.8 Å². The molecular formula is C27H27F2N7O2. The van der Waals surface area contributed by atoms with Gasteiger partial charge in [-0.15, -0.1) is 0 Å². The average Bonchev–Trinajstić information content (AvgIpc) is 3.34. The second kappa shape index (κ2) is 10.5. The molecular weight excluding hydrogens is 492 g/mol. The Morgan fingerprint density at radius 1 is 1.21 bits per heavy atom. The lowest BCUT2D eigenvalue weighted by Crippen LogP contribution is -2.51. The summed E-state index contributed by atoms with van der Waals surface area (Å²) in [6, 6.07) is 10.2. The number of carbonyl (C=O) groups is 2. The topological polar surface area (TPSA) is 106 Å². The third-order valence-electron chi connectivity index (χ3n) is 6.73. The van der Waals surface area contributed by atoms with E-state index in [-0.39, 0.29) is 24.1 Å². The van der Waals surface area contributed by atoms with Crippen LogP contribution in [0.4, 0.5) is 8.78 Å². The van der Waals surface area contributed by atoms with E-state index < -0.39 is 17.5 Å². The number of hydrogen-bond donors (Lipinski definition) is 3. The van der Waals surface area contributed by atoms with Crippen LogP contribution in [-0.4, -0.2) is 52.2 Å². The maximum Gasteiger partial charge on any atom is 0.254 e. The van der Waals surface area contributed by atoms with Crippen molar-refractivity contribution < 1.29 is 18.4 Å².